The van der Waals surface area contributed by atoms with Gasteiger partial charge in [-0.25, -0.2) is 0 Å². The van der Waals surface area contributed by atoms with E-state index < -0.39 is 0 Å². The summed E-state index contributed by atoms with van der Waals surface area (Å²) in [7, 11) is 0. The lowest BCUT2D eigenvalue weighted by molar-refractivity contribution is 0.118. The summed E-state index contributed by atoms with van der Waals surface area (Å²) in [4.78, 5) is 2.62. The molecule has 2 heteroatoms. The van der Waals surface area contributed by atoms with Crippen molar-refractivity contribution in [1.82, 2.24) is 4.90 Å². The number of hydrogen-bond donors (Lipinski definition) is 0. The molecule has 2 aliphatic rings. The fraction of sp³-hybridized carbons (Fsp3) is 1.00. The molecule has 14 heavy (non-hydrogen) atoms. The third kappa shape index (κ3) is 2.71. The summed E-state index contributed by atoms with van der Waals surface area (Å²) >= 11 is 0. The largest absolute Gasteiger partial charge is 0.378 e. The van der Waals surface area contributed by atoms with Crippen molar-refractivity contribution < 1.29 is 4.74 Å². The Labute approximate surface area is 87.6 Å². The van der Waals surface area contributed by atoms with Crippen molar-refractivity contribution in [3.05, 3.63) is 0 Å². The van der Waals surface area contributed by atoms with Gasteiger partial charge in [-0.2, -0.15) is 0 Å². The van der Waals surface area contributed by atoms with Crippen LogP contribution in [0.15, 0.2) is 0 Å². The van der Waals surface area contributed by atoms with Gasteiger partial charge in [-0.05, 0) is 51.1 Å². The third-order valence-electron chi connectivity index (χ3n) is 3.64. The van der Waals surface area contributed by atoms with Gasteiger partial charge in [-0.1, -0.05) is 6.92 Å². The normalized spacial score (nSPS) is 39.4. The summed E-state index contributed by atoms with van der Waals surface area (Å²) in [5.74, 6) is 1.76. The average molecular weight is 197 g/mol. The first-order chi connectivity index (χ1) is 6.74. The van der Waals surface area contributed by atoms with Crippen molar-refractivity contribution in [3.63, 3.8) is 0 Å². The van der Waals surface area contributed by atoms with Crippen LogP contribution >= 0.6 is 0 Å². The van der Waals surface area contributed by atoms with E-state index in [9.17, 15) is 0 Å². The Balaban J connectivity index is 1.63. The van der Waals surface area contributed by atoms with Gasteiger partial charge in [-0.15, -0.1) is 0 Å². The van der Waals surface area contributed by atoms with Crippen molar-refractivity contribution in [1.29, 1.82) is 0 Å². The van der Waals surface area contributed by atoms with Crippen molar-refractivity contribution in [2.24, 2.45) is 11.8 Å². The Hall–Kier alpha value is -0.0800. The van der Waals surface area contributed by atoms with Crippen LogP contribution in [0.2, 0.25) is 0 Å². The van der Waals surface area contributed by atoms with Gasteiger partial charge in [0.1, 0.15) is 0 Å². The highest BCUT2D eigenvalue weighted by atomic mass is 16.5. The molecule has 0 aromatic rings. The van der Waals surface area contributed by atoms with Crippen molar-refractivity contribution in [3.8, 4) is 0 Å². The van der Waals surface area contributed by atoms with Crippen LogP contribution in [0, 0.1) is 11.8 Å². The SMILES string of the molecule is CC1CCN(CCC2COC(C)C2)C1. The van der Waals surface area contributed by atoms with Gasteiger partial charge < -0.3 is 9.64 Å². The molecule has 82 valence electrons. The zero-order chi connectivity index (χ0) is 9.97. The Bertz CT molecular complexity index is 163. The lowest BCUT2D eigenvalue weighted by Gasteiger charge is -2.17. The molecule has 0 aromatic heterocycles. The molecule has 0 spiro atoms. The molecule has 0 N–H and O–H groups in total. The predicted molar refractivity (Wildman–Crippen MR) is 58.4 cm³/mol. The minimum atomic E-state index is 0.512. The summed E-state index contributed by atoms with van der Waals surface area (Å²) in [6.45, 7) is 9.50. The molecule has 2 nitrogen and oxygen atoms in total. The van der Waals surface area contributed by atoms with E-state index in [0.717, 1.165) is 18.4 Å². The minimum absolute atomic E-state index is 0.512. The lowest BCUT2D eigenvalue weighted by atomic mass is 10.0. The van der Waals surface area contributed by atoms with E-state index in [2.05, 4.69) is 18.7 Å². The van der Waals surface area contributed by atoms with Crippen LogP contribution in [-0.2, 0) is 4.74 Å². The molecule has 0 aliphatic carbocycles. The zero-order valence-corrected chi connectivity index (χ0v) is 9.54. The minimum Gasteiger partial charge on any atom is -0.378 e. The fourth-order valence-corrected chi connectivity index (χ4v) is 2.70. The quantitative estimate of drug-likeness (QED) is 0.687. The number of ether oxygens (including phenoxy) is 1. The first kappa shape index (κ1) is 10.4. The lowest BCUT2D eigenvalue weighted by Crippen LogP contribution is -2.23. The van der Waals surface area contributed by atoms with E-state index in [1.165, 1.54) is 38.9 Å². The molecule has 0 bridgehead atoms. The molecular weight excluding hydrogens is 174 g/mol. The summed E-state index contributed by atoms with van der Waals surface area (Å²) in [5.41, 5.74) is 0. The van der Waals surface area contributed by atoms with E-state index >= 15 is 0 Å². The van der Waals surface area contributed by atoms with Crippen molar-refractivity contribution >= 4 is 0 Å². The number of likely N-dealkylation sites (tertiary alicyclic amines) is 1. The van der Waals surface area contributed by atoms with E-state index in [1.54, 1.807) is 0 Å². The highest BCUT2D eigenvalue weighted by molar-refractivity contribution is 4.76. The van der Waals surface area contributed by atoms with Crippen LogP contribution in [0.1, 0.15) is 33.1 Å². The number of nitrogens with zero attached hydrogens (tertiary/aromatic N) is 1. The highest BCUT2D eigenvalue weighted by Gasteiger charge is 2.24. The molecule has 2 aliphatic heterocycles. The Morgan fingerprint density at radius 2 is 2.21 bits per heavy atom. The molecule has 0 amide bonds. The van der Waals surface area contributed by atoms with Gasteiger partial charge in [0.15, 0.2) is 0 Å². The van der Waals surface area contributed by atoms with Crippen LogP contribution in [0.25, 0.3) is 0 Å². The molecule has 0 aromatic carbocycles. The van der Waals surface area contributed by atoms with Crippen LogP contribution in [0.5, 0.6) is 0 Å². The molecule has 0 saturated carbocycles. The van der Waals surface area contributed by atoms with Gasteiger partial charge >= 0.3 is 0 Å². The summed E-state index contributed by atoms with van der Waals surface area (Å²) in [5, 5.41) is 0. The van der Waals surface area contributed by atoms with E-state index in [4.69, 9.17) is 4.74 Å². The molecule has 3 unspecified atom stereocenters. The Morgan fingerprint density at radius 3 is 2.79 bits per heavy atom. The van der Waals surface area contributed by atoms with Gasteiger partial charge in [0.25, 0.3) is 0 Å². The van der Waals surface area contributed by atoms with Gasteiger partial charge in [0.05, 0.1) is 6.10 Å². The molecule has 2 heterocycles. The van der Waals surface area contributed by atoms with Gasteiger partial charge in [0, 0.05) is 13.2 Å². The topological polar surface area (TPSA) is 12.5 Å². The smallest absolute Gasteiger partial charge is 0.0550 e. The standard InChI is InChI=1S/C12H23NO/c1-10-3-5-13(8-10)6-4-12-7-11(2)14-9-12/h10-12H,3-9H2,1-2H3. The zero-order valence-electron chi connectivity index (χ0n) is 9.54. The van der Waals surface area contributed by atoms with E-state index in [1.807, 2.05) is 0 Å². The molecule has 2 rings (SSSR count). The Kier molecular flexibility index (Phi) is 3.45. The first-order valence-electron chi connectivity index (χ1n) is 6.08. The maximum Gasteiger partial charge on any atom is 0.0550 e. The second-order valence-electron chi connectivity index (χ2n) is 5.23. The molecule has 3 atom stereocenters. The first-order valence-corrected chi connectivity index (χ1v) is 6.08. The molecule has 2 fully saturated rings. The van der Waals surface area contributed by atoms with Gasteiger partial charge in [0.2, 0.25) is 0 Å². The van der Waals surface area contributed by atoms with E-state index in [0.29, 0.717) is 6.10 Å². The highest BCUT2D eigenvalue weighted by Crippen LogP contribution is 2.23. The second kappa shape index (κ2) is 4.63. The fourth-order valence-electron chi connectivity index (χ4n) is 2.70. The maximum absolute atomic E-state index is 5.58. The Morgan fingerprint density at radius 1 is 1.36 bits per heavy atom. The second-order valence-corrected chi connectivity index (χ2v) is 5.23. The monoisotopic (exact) mass is 197 g/mol. The number of rotatable bonds is 3. The van der Waals surface area contributed by atoms with Crippen molar-refractivity contribution in [2.75, 3.05) is 26.2 Å². The number of hydrogen-bond acceptors (Lipinski definition) is 2. The third-order valence-corrected chi connectivity index (χ3v) is 3.64. The summed E-state index contributed by atoms with van der Waals surface area (Å²) in [6, 6.07) is 0. The summed E-state index contributed by atoms with van der Waals surface area (Å²) in [6.07, 6.45) is 4.54. The average Bonchev–Trinajstić information content (AvgIpc) is 2.72. The van der Waals surface area contributed by atoms with Crippen LogP contribution < -0.4 is 0 Å². The van der Waals surface area contributed by atoms with Gasteiger partial charge in [-0.3, -0.25) is 0 Å². The van der Waals surface area contributed by atoms with Crippen LogP contribution in [-0.4, -0.2) is 37.2 Å². The van der Waals surface area contributed by atoms with Crippen LogP contribution in [0.3, 0.4) is 0 Å². The summed E-state index contributed by atoms with van der Waals surface area (Å²) < 4.78 is 5.58. The van der Waals surface area contributed by atoms with Crippen LogP contribution in [0.4, 0.5) is 0 Å². The molecule has 2 saturated heterocycles. The molecular formula is C12H23NO. The van der Waals surface area contributed by atoms with Crippen molar-refractivity contribution in [2.45, 2.75) is 39.2 Å². The van der Waals surface area contributed by atoms with E-state index in [-0.39, 0.29) is 0 Å². The predicted octanol–water partition coefficient (Wildman–Crippen LogP) is 2.14. The molecule has 0 radical (unpaired) electrons. The maximum atomic E-state index is 5.58.